The zero-order valence-corrected chi connectivity index (χ0v) is 14.0. The van der Waals surface area contributed by atoms with E-state index in [0.29, 0.717) is 17.7 Å². The van der Waals surface area contributed by atoms with E-state index >= 15 is 0 Å². The van der Waals surface area contributed by atoms with E-state index in [1.54, 1.807) is 11.3 Å². The fourth-order valence-corrected chi connectivity index (χ4v) is 4.00. The smallest absolute Gasteiger partial charge is 0.317 e. The number of nitrogens with one attached hydrogen (secondary N) is 1. The molecule has 0 unspecified atom stereocenters. The number of hydrogen-bond acceptors (Lipinski definition) is 4. The molecule has 1 aliphatic heterocycles. The van der Waals surface area contributed by atoms with Crippen LogP contribution in [0.15, 0.2) is 5.38 Å². The Balaban J connectivity index is 1.73. The first-order valence-corrected chi connectivity index (χ1v) is 9.07. The van der Waals surface area contributed by atoms with Crippen molar-refractivity contribution >= 4 is 29.1 Å². The number of amides is 2. The van der Waals surface area contributed by atoms with Gasteiger partial charge in [-0.3, -0.25) is 0 Å². The molecular formula is C14H23N3OS2. The van der Waals surface area contributed by atoms with E-state index < -0.39 is 0 Å². The summed E-state index contributed by atoms with van der Waals surface area (Å²) in [5, 5.41) is 6.82. The number of thiazole rings is 1. The van der Waals surface area contributed by atoms with E-state index in [2.05, 4.69) is 36.5 Å². The summed E-state index contributed by atoms with van der Waals surface area (Å²) in [5.41, 5.74) is 1.08. The summed E-state index contributed by atoms with van der Waals surface area (Å²) in [6.45, 7) is 8.85. The molecule has 112 valence electrons. The van der Waals surface area contributed by atoms with Crippen LogP contribution in [0.3, 0.4) is 0 Å². The number of urea groups is 1. The summed E-state index contributed by atoms with van der Waals surface area (Å²) in [6, 6.07) is 0.0662. The summed E-state index contributed by atoms with van der Waals surface area (Å²) in [7, 11) is 0. The molecule has 2 rings (SSSR count). The summed E-state index contributed by atoms with van der Waals surface area (Å²) in [6.07, 6.45) is 0.813. The molecule has 20 heavy (non-hydrogen) atoms. The highest BCUT2D eigenvalue weighted by Crippen LogP contribution is 2.19. The molecule has 0 saturated carbocycles. The van der Waals surface area contributed by atoms with Gasteiger partial charge >= 0.3 is 6.03 Å². The van der Waals surface area contributed by atoms with Crippen molar-refractivity contribution in [3.05, 3.63) is 16.1 Å². The van der Waals surface area contributed by atoms with Gasteiger partial charge in [0.25, 0.3) is 0 Å². The molecule has 1 N–H and O–H groups in total. The second-order valence-electron chi connectivity index (χ2n) is 5.44. The molecule has 0 spiro atoms. The lowest BCUT2D eigenvalue weighted by molar-refractivity contribution is 0.200. The van der Waals surface area contributed by atoms with Crippen molar-refractivity contribution in [2.24, 2.45) is 0 Å². The van der Waals surface area contributed by atoms with Gasteiger partial charge in [-0.25, -0.2) is 9.78 Å². The third kappa shape index (κ3) is 4.38. The van der Waals surface area contributed by atoms with Crippen molar-refractivity contribution < 1.29 is 4.79 Å². The lowest BCUT2D eigenvalue weighted by Crippen LogP contribution is -2.46. The van der Waals surface area contributed by atoms with Gasteiger partial charge in [0.1, 0.15) is 0 Å². The zero-order chi connectivity index (χ0) is 14.5. The van der Waals surface area contributed by atoms with Gasteiger partial charge in [0.15, 0.2) is 0 Å². The molecule has 0 radical (unpaired) electrons. The number of thioether (sulfide) groups is 1. The standard InChI is InChI=1S/C14H23N3OS2/c1-10(2)13-16-12(9-20-13)4-5-15-14(18)17-6-7-19-11(3)8-17/h9-11H,4-8H2,1-3H3,(H,15,18)/t11-/m0/s1. The molecule has 1 aliphatic rings. The van der Waals surface area contributed by atoms with Gasteiger partial charge in [-0.05, 0) is 0 Å². The third-order valence-corrected chi connectivity index (χ3v) is 5.58. The first-order chi connectivity index (χ1) is 9.56. The van der Waals surface area contributed by atoms with E-state index in [1.165, 1.54) is 5.01 Å². The maximum atomic E-state index is 12.0. The molecule has 1 saturated heterocycles. The highest BCUT2D eigenvalue weighted by atomic mass is 32.2. The second-order valence-corrected chi connectivity index (χ2v) is 7.88. The van der Waals surface area contributed by atoms with Gasteiger partial charge in [-0.15, -0.1) is 11.3 Å². The van der Waals surface area contributed by atoms with E-state index in [1.807, 2.05) is 16.7 Å². The minimum Gasteiger partial charge on any atom is -0.338 e. The largest absolute Gasteiger partial charge is 0.338 e. The Morgan fingerprint density at radius 2 is 2.40 bits per heavy atom. The van der Waals surface area contributed by atoms with Gasteiger partial charge in [-0.1, -0.05) is 20.8 Å². The highest BCUT2D eigenvalue weighted by Gasteiger charge is 2.20. The van der Waals surface area contributed by atoms with Crippen molar-refractivity contribution in [2.45, 2.75) is 38.4 Å². The molecule has 1 fully saturated rings. The number of hydrogen-bond donors (Lipinski definition) is 1. The van der Waals surface area contributed by atoms with Crippen molar-refractivity contribution in [1.82, 2.24) is 15.2 Å². The van der Waals surface area contributed by atoms with E-state index in [9.17, 15) is 4.79 Å². The van der Waals surface area contributed by atoms with Gasteiger partial charge < -0.3 is 10.2 Å². The molecule has 4 nitrogen and oxygen atoms in total. The van der Waals surface area contributed by atoms with Gasteiger partial charge in [0.2, 0.25) is 0 Å². The van der Waals surface area contributed by atoms with Crippen LogP contribution in [0.4, 0.5) is 4.79 Å². The van der Waals surface area contributed by atoms with Crippen LogP contribution in [-0.4, -0.2) is 46.6 Å². The van der Waals surface area contributed by atoms with Gasteiger partial charge in [0.05, 0.1) is 10.7 Å². The fourth-order valence-electron chi connectivity index (χ4n) is 2.11. The summed E-state index contributed by atoms with van der Waals surface area (Å²) < 4.78 is 0. The highest BCUT2D eigenvalue weighted by molar-refractivity contribution is 7.99. The number of nitrogens with zero attached hydrogens (tertiary/aromatic N) is 2. The molecule has 0 bridgehead atoms. The molecule has 1 atom stereocenters. The van der Waals surface area contributed by atoms with Crippen LogP contribution in [0.1, 0.15) is 37.4 Å². The predicted octanol–water partition coefficient (Wildman–Crippen LogP) is 2.96. The maximum absolute atomic E-state index is 12.0. The number of carbonyl (C=O) groups is 1. The third-order valence-electron chi connectivity index (χ3n) is 3.25. The normalized spacial score (nSPS) is 19.4. The lowest BCUT2D eigenvalue weighted by atomic mass is 10.2. The molecule has 0 aromatic carbocycles. The molecule has 2 amide bonds. The first kappa shape index (κ1) is 15.6. The molecule has 1 aromatic rings. The second kappa shape index (κ2) is 7.31. The summed E-state index contributed by atoms with van der Waals surface area (Å²) in [4.78, 5) is 18.5. The minimum atomic E-state index is 0.0662. The van der Waals surface area contributed by atoms with Crippen LogP contribution in [-0.2, 0) is 6.42 Å². The Morgan fingerprint density at radius 3 is 3.05 bits per heavy atom. The van der Waals surface area contributed by atoms with Crippen molar-refractivity contribution in [3.63, 3.8) is 0 Å². The molecule has 2 heterocycles. The van der Waals surface area contributed by atoms with Crippen LogP contribution in [0.5, 0.6) is 0 Å². The Hall–Kier alpha value is -0.750. The lowest BCUT2D eigenvalue weighted by Gasteiger charge is -2.30. The first-order valence-electron chi connectivity index (χ1n) is 7.15. The van der Waals surface area contributed by atoms with Crippen molar-refractivity contribution in [1.29, 1.82) is 0 Å². The van der Waals surface area contributed by atoms with Crippen LogP contribution in [0, 0.1) is 0 Å². The van der Waals surface area contributed by atoms with Crippen molar-refractivity contribution in [3.8, 4) is 0 Å². The molecule has 6 heteroatoms. The number of carbonyl (C=O) groups excluding carboxylic acids is 1. The summed E-state index contributed by atoms with van der Waals surface area (Å²) >= 11 is 3.64. The van der Waals surface area contributed by atoms with Crippen LogP contribution in [0.2, 0.25) is 0 Å². The molecule has 1 aromatic heterocycles. The van der Waals surface area contributed by atoms with Crippen LogP contribution < -0.4 is 5.32 Å². The van der Waals surface area contributed by atoms with Gasteiger partial charge in [-0.2, -0.15) is 11.8 Å². The topological polar surface area (TPSA) is 45.2 Å². The Bertz CT molecular complexity index is 447. The Labute approximate surface area is 129 Å². The average molecular weight is 313 g/mol. The van der Waals surface area contributed by atoms with E-state index in [4.69, 9.17) is 0 Å². The van der Waals surface area contributed by atoms with Crippen LogP contribution >= 0.6 is 23.1 Å². The van der Waals surface area contributed by atoms with Crippen molar-refractivity contribution in [2.75, 3.05) is 25.4 Å². The molecule has 0 aliphatic carbocycles. The van der Waals surface area contributed by atoms with E-state index in [-0.39, 0.29) is 6.03 Å². The van der Waals surface area contributed by atoms with Gasteiger partial charge in [0, 0.05) is 48.4 Å². The maximum Gasteiger partial charge on any atom is 0.317 e. The van der Waals surface area contributed by atoms with Crippen LogP contribution in [0.25, 0.3) is 0 Å². The number of rotatable bonds is 4. The summed E-state index contributed by atoms with van der Waals surface area (Å²) in [5.74, 6) is 1.52. The number of aromatic nitrogens is 1. The van der Waals surface area contributed by atoms with E-state index in [0.717, 1.165) is 31.0 Å². The monoisotopic (exact) mass is 313 g/mol. The average Bonchev–Trinajstić information content (AvgIpc) is 2.87. The quantitative estimate of drug-likeness (QED) is 0.929. The SMILES string of the molecule is CC(C)c1nc(CCNC(=O)N2CCS[C@@H](C)C2)cs1. The predicted molar refractivity (Wildman–Crippen MR) is 86.8 cm³/mol. The molecular weight excluding hydrogens is 290 g/mol. The fraction of sp³-hybridized carbons (Fsp3) is 0.714. The Morgan fingerprint density at radius 1 is 1.60 bits per heavy atom. The Kier molecular flexibility index (Phi) is 5.72. The minimum absolute atomic E-state index is 0.0662. The zero-order valence-electron chi connectivity index (χ0n) is 12.4.